The summed E-state index contributed by atoms with van der Waals surface area (Å²) in [7, 11) is 0. The first-order valence-corrected chi connectivity index (χ1v) is 14.5. The van der Waals surface area contributed by atoms with E-state index >= 15 is 4.39 Å². The number of benzene rings is 2. The first-order chi connectivity index (χ1) is 19.2. The van der Waals surface area contributed by atoms with Crippen LogP contribution in [0.25, 0.3) is 10.9 Å². The summed E-state index contributed by atoms with van der Waals surface area (Å²) in [6.07, 6.45) is 12.4. The Kier molecular flexibility index (Phi) is 8.49. The number of halogens is 2. The molecule has 1 aliphatic carbocycles. The summed E-state index contributed by atoms with van der Waals surface area (Å²) >= 11 is 0. The van der Waals surface area contributed by atoms with Crippen LogP contribution in [0.1, 0.15) is 70.9 Å². The number of aliphatic hydroxyl groups is 1. The number of hydrogen-bond acceptors (Lipinski definition) is 5. The summed E-state index contributed by atoms with van der Waals surface area (Å²) in [5, 5.41) is 21.8. The lowest BCUT2D eigenvalue weighted by Crippen LogP contribution is -2.40. The summed E-state index contributed by atoms with van der Waals surface area (Å²) in [5.41, 5.74) is 0.165. The maximum absolute atomic E-state index is 15.0. The highest BCUT2D eigenvalue weighted by Crippen LogP contribution is 2.37. The zero-order valence-electron chi connectivity index (χ0n) is 23.7. The highest BCUT2D eigenvalue weighted by Gasteiger charge is 2.41. The van der Waals surface area contributed by atoms with Gasteiger partial charge in [0.15, 0.2) is 0 Å². The first-order valence-electron chi connectivity index (χ1n) is 14.5. The summed E-state index contributed by atoms with van der Waals surface area (Å²) in [6.45, 7) is 8.29. The third kappa shape index (κ3) is 6.19. The Morgan fingerprint density at radius 3 is 2.58 bits per heavy atom. The molecule has 4 aromatic rings. The van der Waals surface area contributed by atoms with Gasteiger partial charge in [-0.3, -0.25) is 4.68 Å². The van der Waals surface area contributed by atoms with Gasteiger partial charge in [-0.1, -0.05) is 39.2 Å². The molecule has 1 N–H and O–H groups in total. The van der Waals surface area contributed by atoms with E-state index in [0.717, 1.165) is 48.5 Å². The molecule has 0 saturated heterocycles. The molecule has 1 saturated carbocycles. The summed E-state index contributed by atoms with van der Waals surface area (Å²) in [5.74, 6) is -0.186. The van der Waals surface area contributed by atoms with Crippen LogP contribution < -0.4 is 4.90 Å². The van der Waals surface area contributed by atoms with Crippen molar-refractivity contribution in [2.24, 2.45) is 11.8 Å². The van der Waals surface area contributed by atoms with Gasteiger partial charge in [0.2, 0.25) is 0 Å². The molecule has 1 fully saturated rings. The van der Waals surface area contributed by atoms with Crippen molar-refractivity contribution in [3.63, 3.8) is 0 Å². The Morgan fingerprint density at radius 1 is 1.07 bits per heavy atom. The zero-order chi connectivity index (χ0) is 28.3. The minimum atomic E-state index is -1.78. The lowest BCUT2D eigenvalue weighted by Gasteiger charge is -2.34. The van der Waals surface area contributed by atoms with Crippen molar-refractivity contribution in [1.29, 1.82) is 0 Å². The van der Waals surface area contributed by atoms with Gasteiger partial charge in [-0.15, -0.1) is 0 Å². The van der Waals surface area contributed by atoms with Crippen LogP contribution in [0, 0.1) is 23.5 Å². The fourth-order valence-electron chi connectivity index (χ4n) is 5.91. The minimum Gasteiger partial charge on any atom is -0.381 e. The number of fused-ring (bicyclic) bond motifs is 1. The maximum atomic E-state index is 15.0. The molecule has 2 aromatic heterocycles. The molecule has 214 valence electrons. The van der Waals surface area contributed by atoms with E-state index < -0.39 is 23.3 Å². The van der Waals surface area contributed by atoms with E-state index in [0.29, 0.717) is 5.92 Å². The molecule has 5 rings (SSSR count). The molecule has 1 aliphatic rings. The lowest BCUT2D eigenvalue weighted by atomic mass is 9.86. The SMILES string of the molecule is CC(C)CCN(CC1CCCCC1)c1ccc2nn([C@H](C)[C@](O)(Cn3cncn3)c3ccc(F)cc3F)cc2c1. The van der Waals surface area contributed by atoms with Crippen LogP contribution in [0.5, 0.6) is 0 Å². The van der Waals surface area contributed by atoms with E-state index in [4.69, 9.17) is 5.10 Å². The molecular weight excluding hydrogens is 510 g/mol. The average Bonchev–Trinajstić information content (AvgIpc) is 3.60. The van der Waals surface area contributed by atoms with Crippen molar-refractivity contribution < 1.29 is 13.9 Å². The minimum absolute atomic E-state index is 0.0236. The van der Waals surface area contributed by atoms with Crippen molar-refractivity contribution in [2.45, 2.75) is 77.5 Å². The molecule has 7 nitrogen and oxygen atoms in total. The van der Waals surface area contributed by atoms with Gasteiger partial charge < -0.3 is 10.0 Å². The van der Waals surface area contributed by atoms with Crippen molar-refractivity contribution in [3.8, 4) is 0 Å². The van der Waals surface area contributed by atoms with E-state index in [-0.39, 0.29) is 12.1 Å². The molecule has 0 spiro atoms. The average molecular weight is 551 g/mol. The van der Waals surface area contributed by atoms with Gasteiger partial charge in [0.25, 0.3) is 0 Å². The Hall–Kier alpha value is -3.33. The van der Waals surface area contributed by atoms with Gasteiger partial charge in [-0.05, 0) is 62.3 Å². The molecule has 0 unspecified atom stereocenters. The second kappa shape index (κ2) is 12.0. The van der Waals surface area contributed by atoms with Crippen molar-refractivity contribution in [1.82, 2.24) is 24.5 Å². The third-order valence-electron chi connectivity index (χ3n) is 8.41. The highest BCUT2D eigenvalue weighted by molar-refractivity contribution is 5.82. The molecule has 0 bridgehead atoms. The molecule has 2 atom stereocenters. The summed E-state index contributed by atoms with van der Waals surface area (Å²) < 4.78 is 31.9. The lowest BCUT2D eigenvalue weighted by molar-refractivity contribution is -0.0366. The van der Waals surface area contributed by atoms with Crippen molar-refractivity contribution in [2.75, 3.05) is 18.0 Å². The standard InChI is InChI=1S/C31H40F2N6O/c1-22(2)13-14-37(17-24-7-5-4-6-8-24)27-10-12-30-25(15-27)18-39(36-30)23(3)31(40,19-38-21-34-20-35-38)28-11-9-26(32)16-29(28)33/h9-12,15-16,18,20-24,40H,4-8,13-14,17,19H2,1-3H3/t23-,31-/m1/s1. The zero-order valence-corrected chi connectivity index (χ0v) is 23.7. The molecule has 2 aromatic carbocycles. The van der Waals surface area contributed by atoms with Crippen LogP contribution >= 0.6 is 0 Å². The van der Waals surface area contributed by atoms with E-state index in [9.17, 15) is 9.50 Å². The molecule has 0 amide bonds. The largest absolute Gasteiger partial charge is 0.381 e. The number of aromatic nitrogens is 5. The van der Waals surface area contributed by atoms with E-state index in [1.165, 1.54) is 61.2 Å². The molecule has 0 radical (unpaired) electrons. The number of anilines is 1. The number of hydrogen-bond donors (Lipinski definition) is 1. The van der Waals surface area contributed by atoms with Gasteiger partial charge >= 0.3 is 0 Å². The summed E-state index contributed by atoms with van der Waals surface area (Å²) in [4.78, 5) is 6.48. The Morgan fingerprint density at radius 2 is 1.88 bits per heavy atom. The summed E-state index contributed by atoms with van der Waals surface area (Å²) in [6, 6.07) is 8.85. The second-order valence-electron chi connectivity index (χ2n) is 11.8. The first kappa shape index (κ1) is 28.2. The topological polar surface area (TPSA) is 72.0 Å². The predicted molar refractivity (Wildman–Crippen MR) is 153 cm³/mol. The maximum Gasteiger partial charge on any atom is 0.137 e. The number of nitrogens with zero attached hydrogens (tertiary/aromatic N) is 6. The van der Waals surface area contributed by atoms with Crippen molar-refractivity contribution >= 4 is 16.6 Å². The molecule has 0 aliphatic heterocycles. The molecule has 40 heavy (non-hydrogen) atoms. The van der Waals surface area contributed by atoms with Crippen LogP contribution in [0.15, 0.2) is 55.2 Å². The van der Waals surface area contributed by atoms with E-state index in [1.807, 2.05) is 12.3 Å². The van der Waals surface area contributed by atoms with Gasteiger partial charge in [0.05, 0.1) is 18.1 Å². The van der Waals surface area contributed by atoms with E-state index in [2.05, 4.69) is 41.0 Å². The predicted octanol–water partition coefficient (Wildman–Crippen LogP) is 6.49. The van der Waals surface area contributed by atoms with Crippen LogP contribution in [-0.2, 0) is 12.1 Å². The monoisotopic (exact) mass is 550 g/mol. The number of rotatable bonds is 11. The normalized spacial score (nSPS) is 16.9. The Labute approximate surface area is 234 Å². The Balaban J connectivity index is 1.47. The van der Waals surface area contributed by atoms with Crippen molar-refractivity contribution in [3.05, 3.63) is 72.4 Å². The third-order valence-corrected chi connectivity index (χ3v) is 8.41. The van der Waals surface area contributed by atoms with Crippen LogP contribution in [0.3, 0.4) is 0 Å². The smallest absolute Gasteiger partial charge is 0.137 e. The quantitative estimate of drug-likeness (QED) is 0.231. The highest BCUT2D eigenvalue weighted by atomic mass is 19.1. The van der Waals surface area contributed by atoms with Crippen LogP contribution in [0.4, 0.5) is 14.5 Å². The van der Waals surface area contributed by atoms with Crippen LogP contribution in [-0.4, -0.2) is 42.7 Å². The Bertz CT molecular complexity index is 1400. The van der Waals surface area contributed by atoms with Gasteiger partial charge in [0, 0.05) is 42.0 Å². The second-order valence-corrected chi connectivity index (χ2v) is 11.8. The van der Waals surface area contributed by atoms with E-state index in [1.54, 1.807) is 11.6 Å². The fraction of sp³-hybridized carbons (Fsp3) is 0.516. The van der Waals surface area contributed by atoms with Gasteiger partial charge in [0.1, 0.15) is 29.9 Å². The molecular formula is C31H40F2N6O. The van der Waals surface area contributed by atoms with Gasteiger partial charge in [-0.25, -0.2) is 18.4 Å². The van der Waals surface area contributed by atoms with Crippen LogP contribution in [0.2, 0.25) is 0 Å². The van der Waals surface area contributed by atoms with Gasteiger partial charge in [-0.2, -0.15) is 10.2 Å². The fourth-order valence-corrected chi connectivity index (χ4v) is 5.91. The molecule has 9 heteroatoms. The molecule has 2 heterocycles.